The van der Waals surface area contributed by atoms with E-state index in [9.17, 15) is 0 Å². The number of ether oxygens (including phenoxy) is 1. The Morgan fingerprint density at radius 1 is 1.17 bits per heavy atom. The Kier molecular flexibility index (Phi) is 6.23. The van der Waals surface area contributed by atoms with Gasteiger partial charge in [0.2, 0.25) is 5.90 Å². The molecule has 2 N–H and O–H groups in total. The molecule has 6 nitrogen and oxygen atoms in total. The molecule has 0 atom stereocenters. The molecule has 0 spiro atoms. The van der Waals surface area contributed by atoms with E-state index in [1.807, 2.05) is 13.8 Å². The van der Waals surface area contributed by atoms with E-state index in [0.717, 1.165) is 16.7 Å². The van der Waals surface area contributed by atoms with E-state index in [2.05, 4.69) is 19.1 Å². The van der Waals surface area contributed by atoms with Gasteiger partial charge in [-0.25, -0.2) is 0 Å². The van der Waals surface area contributed by atoms with Gasteiger partial charge in [0.1, 0.15) is 0 Å². The van der Waals surface area contributed by atoms with E-state index >= 15 is 0 Å². The molecule has 0 bridgehead atoms. The zero-order chi connectivity index (χ0) is 14.5. The molecule has 1 aromatic rings. The van der Waals surface area contributed by atoms with Gasteiger partial charge in [0.15, 0.2) is 0 Å². The zero-order valence-electron chi connectivity index (χ0n) is 10.6. The summed E-state index contributed by atoms with van der Waals surface area (Å²) in [5, 5.41) is 7.61. The highest BCUT2D eigenvalue weighted by Gasteiger charge is 2.08. The average Bonchev–Trinajstić information content (AvgIpc) is 2.12. The van der Waals surface area contributed by atoms with E-state index in [0.29, 0.717) is 0 Å². The third-order valence-corrected chi connectivity index (χ3v) is 2.11. The second-order valence-electron chi connectivity index (χ2n) is 3.70. The van der Waals surface area contributed by atoms with Crippen molar-refractivity contribution in [2.75, 3.05) is 7.11 Å². The molecule has 0 radical (unpaired) electrons. The van der Waals surface area contributed by atoms with Crippen LogP contribution < -0.4 is 14.0 Å². The predicted molar refractivity (Wildman–Crippen MR) is 56.7 cm³/mol. The molecule has 0 aliphatic carbocycles. The van der Waals surface area contributed by atoms with Gasteiger partial charge >= 0.3 is 0 Å². The van der Waals surface area contributed by atoms with E-state index in [1.165, 1.54) is 12.7 Å². The summed E-state index contributed by atoms with van der Waals surface area (Å²) in [5.74, 6) is 0.245. The van der Waals surface area contributed by atoms with E-state index in [-0.39, 0.29) is 5.90 Å². The number of nitrogens with one attached hydrogen (secondary N) is 1. The minimum atomic E-state index is -4.69. The maximum absolute atomic E-state index is 8.60. The molecule has 0 aliphatic heterocycles. The van der Waals surface area contributed by atoms with Crippen molar-refractivity contribution in [1.82, 2.24) is 0 Å². The maximum atomic E-state index is 8.60. The molecular formula is C11H16ClNO5. The molecule has 7 heteroatoms. The highest BCUT2D eigenvalue weighted by Crippen LogP contribution is 2.16. The largest absolute Gasteiger partial charge is 0.481 e. The van der Waals surface area contributed by atoms with Crippen LogP contribution in [0.15, 0.2) is 12.1 Å². The van der Waals surface area contributed by atoms with Crippen LogP contribution in [-0.4, -0.2) is 17.7 Å². The summed E-state index contributed by atoms with van der Waals surface area (Å²) in [5.41, 5.74) is 4.34. The molecule has 0 aromatic heterocycles. The van der Waals surface area contributed by atoms with Crippen LogP contribution >= 0.6 is 0 Å². The van der Waals surface area contributed by atoms with Crippen LogP contribution in [0.1, 0.15) is 22.3 Å². The molecule has 0 saturated carbocycles. The van der Waals surface area contributed by atoms with Gasteiger partial charge in [0.25, 0.3) is 0 Å². The van der Waals surface area contributed by atoms with Crippen molar-refractivity contribution < 1.29 is 33.6 Å². The first-order valence-corrected chi connectivity index (χ1v) is 6.16. The fourth-order valence-electron chi connectivity index (χ4n) is 1.64. The molecule has 1 aromatic carbocycles. The van der Waals surface area contributed by atoms with Crippen LogP contribution in [0.3, 0.4) is 0 Å². The van der Waals surface area contributed by atoms with Gasteiger partial charge < -0.3 is 4.74 Å². The molecule has 0 amide bonds. The van der Waals surface area contributed by atoms with Crippen LogP contribution in [0.5, 0.6) is 0 Å². The maximum Gasteiger partial charge on any atom is 0.213 e. The van der Waals surface area contributed by atoms with Crippen molar-refractivity contribution >= 4 is 5.90 Å². The first kappa shape index (κ1) is 16.8. The van der Waals surface area contributed by atoms with Crippen LogP contribution in [-0.2, 0) is 4.74 Å². The quantitative estimate of drug-likeness (QED) is 0.476. The predicted octanol–water partition coefficient (Wildman–Crippen LogP) is -1.54. The SMILES string of the molecule is COC(=N)c1c(C)cc(C)cc1C.[O-][Cl+3]([O-])([O-])O. The zero-order valence-corrected chi connectivity index (χ0v) is 11.4. The van der Waals surface area contributed by atoms with Gasteiger partial charge in [0.05, 0.1) is 22.0 Å². The van der Waals surface area contributed by atoms with Crippen molar-refractivity contribution in [2.45, 2.75) is 20.8 Å². The van der Waals surface area contributed by atoms with Gasteiger partial charge in [-0.05, 0) is 31.9 Å². The molecule has 0 heterocycles. The first-order valence-electron chi connectivity index (χ1n) is 4.90. The standard InChI is InChI=1S/C11H15NO.ClHO4/c1-7-5-8(2)10(9(3)6-7)11(12)13-4;2-1(3,4)5/h5-6,12H,1-4H3;(H,2,3,4,5). The molecular weight excluding hydrogens is 262 g/mol. The fourth-order valence-corrected chi connectivity index (χ4v) is 1.64. The molecule has 0 fully saturated rings. The Hall–Kier alpha value is -1.18. The Bertz CT molecular complexity index is 399. The summed E-state index contributed by atoms with van der Waals surface area (Å²) in [6, 6.07) is 4.13. The number of rotatable bonds is 1. The number of hydrogen-bond acceptors (Lipinski definition) is 6. The number of methoxy groups -OCH3 is 1. The summed E-state index contributed by atoms with van der Waals surface area (Å²) < 4.78 is 37.6. The van der Waals surface area contributed by atoms with Gasteiger partial charge in [-0.1, -0.05) is 17.7 Å². The van der Waals surface area contributed by atoms with E-state index < -0.39 is 10.2 Å². The Morgan fingerprint density at radius 2 is 1.50 bits per heavy atom. The normalized spacial score (nSPS) is 10.4. The summed E-state index contributed by atoms with van der Waals surface area (Å²) >= 11 is 0. The van der Waals surface area contributed by atoms with Crippen molar-refractivity contribution in [3.63, 3.8) is 0 Å². The molecule has 0 saturated heterocycles. The van der Waals surface area contributed by atoms with Gasteiger partial charge in [0, 0.05) is 5.56 Å². The molecule has 0 unspecified atom stereocenters. The Labute approximate surface area is 108 Å². The smallest absolute Gasteiger partial charge is 0.213 e. The Balaban J connectivity index is 0.000000494. The van der Waals surface area contributed by atoms with E-state index in [1.54, 1.807) is 0 Å². The minimum Gasteiger partial charge on any atom is -0.481 e. The molecule has 0 aliphatic rings. The topological polar surface area (TPSA) is 122 Å². The second kappa shape index (κ2) is 6.67. The second-order valence-corrected chi connectivity index (χ2v) is 4.49. The molecule has 102 valence electrons. The van der Waals surface area contributed by atoms with Crippen molar-refractivity contribution in [1.29, 1.82) is 5.41 Å². The summed E-state index contributed by atoms with van der Waals surface area (Å²) in [7, 11) is -3.17. The fraction of sp³-hybridized carbons (Fsp3) is 0.364. The van der Waals surface area contributed by atoms with Crippen molar-refractivity contribution in [3.05, 3.63) is 34.4 Å². The van der Waals surface area contributed by atoms with Gasteiger partial charge in [-0.15, -0.1) is 0 Å². The van der Waals surface area contributed by atoms with Crippen LogP contribution in [0.25, 0.3) is 0 Å². The monoisotopic (exact) mass is 277 g/mol. The number of halogens is 1. The highest BCUT2D eigenvalue weighted by molar-refractivity contribution is 5.94. The number of aryl methyl sites for hydroxylation is 3. The third-order valence-electron chi connectivity index (χ3n) is 2.11. The number of hydrogen-bond donors (Lipinski definition) is 2. The van der Waals surface area contributed by atoms with Gasteiger partial charge in [-0.2, -0.15) is 14.0 Å². The van der Waals surface area contributed by atoms with Crippen molar-refractivity contribution in [3.8, 4) is 0 Å². The third kappa shape index (κ3) is 6.53. The van der Waals surface area contributed by atoms with Gasteiger partial charge in [-0.3, -0.25) is 5.41 Å². The lowest BCUT2D eigenvalue weighted by Crippen LogP contribution is -2.58. The minimum absolute atomic E-state index is 0.245. The summed E-state index contributed by atoms with van der Waals surface area (Å²) in [6.45, 7) is 6.06. The van der Waals surface area contributed by atoms with Crippen LogP contribution in [0.2, 0.25) is 0 Å². The summed E-state index contributed by atoms with van der Waals surface area (Å²) in [4.78, 5) is 0. The average molecular weight is 278 g/mol. The lowest BCUT2D eigenvalue weighted by Gasteiger charge is -2.10. The summed E-state index contributed by atoms with van der Waals surface area (Å²) in [6.07, 6.45) is 0. The lowest BCUT2D eigenvalue weighted by molar-refractivity contribution is -1.92. The molecule has 1 rings (SSSR count). The molecule has 18 heavy (non-hydrogen) atoms. The van der Waals surface area contributed by atoms with E-state index in [4.69, 9.17) is 28.8 Å². The lowest BCUT2D eigenvalue weighted by atomic mass is 10.00. The van der Waals surface area contributed by atoms with Crippen LogP contribution in [0, 0.1) is 36.4 Å². The highest BCUT2D eigenvalue weighted by atomic mass is 35.7. The van der Waals surface area contributed by atoms with Crippen LogP contribution in [0.4, 0.5) is 0 Å². The Morgan fingerprint density at radius 3 is 1.78 bits per heavy atom. The van der Waals surface area contributed by atoms with Crippen molar-refractivity contribution in [2.24, 2.45) is 0 Å². The first-order chi connectivity index (χ1) is 8.06. The number of benzene rings is 1.